The first-order valence-corrected chi connectivity index (χ1v) is 10.6. The number of allylic oxidation sites excluding steroid dienone is 1. The van der Waals surface area contributed by atoms with Gasteiger partial charge in [0.1, 0.15) is 17.4 Å². The van der Waals surface area contributed by atoms with Gasteiger partial charge in [0, 0.05) is 16.8 Å². The lowest BCUT2D eigenvalue weighted by Crippen LogP contribution is -2.14. The second-order valence-corrected chi connectivity index (χ2v) is 9.04. The number of hydrogen-bond donors (Lipinski definition) is 0. The Bertz CT molecular complexity index is 1090. The van der Waals surface area contributed by atoms with Crippen LogP contribution in [0.3, 0.4) is 0 Å². The number of ether oxygens (including phenoxy) is 1. The van der Waals surface area contributed by atoms with Crippen molar-refractivity contribution in [2.24, 2.45) is 0 Å². The predicted molar refractivity (Wildman–Crippen MR) is 105 cm³/mol. The van der Waals surface area contributed by atoms with Crippen molar-refractivity contribution in [3.05, 3.63) is 52.4 Å². The molecule has 8 heteroatoms. The predicted octanol–water partition coefficient (Wildman–Crippen LogP) is 2.66. The van der Waals surface area contributed by atoms with Crippen LogP contribution in [0.4, 0.5) is 0 Å². The highest BCUT2D eigenvalue weighted by Crippen LogP contribution is 2.28. The average molecular weight is 399 g/mol. The molecule has 0 bridgehead atoms. The van der Waals surface area contributed by atoms with Gasteiger partial charge < -0.3 is 4.74 Å². The number of ketones is 1. The molecule has 1 saturated heterocycles. The summed E-state index contributed by atoms with van der Waals surface area (Å²) in [7, 11) is -1.50. The van der Waals surface area contributed by atoms with E-state index in [1.807, 2.05) is 13.0 Å². The Morgan fingerprint density at radius 1 is 1.32 bits per heavy atom. The van der Waals surface area contributed by atoms with E-state index in [1.165, 1.54) is 13.2 Å². The number of aryl methyl sites for hydroxylation is 1. The van der Waals surface area contributed by atoms with Gasteiger partial charge in [0.05, 0.1) is 30.4 Å². The lowest BCUT2D eigenvalue weighted by Gasteiger charge is -2.11. The van der Waals surface area contributed by atoms with Gasteiger partial charge in [0.25, 0.3) is 0 Å². The molecule has 0 amide bonds. The van der Waals surface area contributed by atoms with E-state index in [9.17, 15) is 18.5 Å². The SMILES string of the molecule is COc1ccc(C(=O)/C(C#N)=C/c2c(C)nn([C@H]3CCS(=O)(=O)C3)c2C)cc1. The topological polar surface area (TPSA) is 102 Å². The summed E-state index contributed by atoms with van der Waals surface area (Å²) in [5.74, 6) is 0.452. The molecule has 1 atom stereocenters. The van der Waals surface area contributed by atoms with Crippen LogP contribution in [0.5, 0.6) is 5.75 Å². The van der Waals surface area contributed by atoms with E-state index in [2.05, 4.69) is 5.10 Å². The van der Waals surface area contributed by atoms with E-state index in [0.717, 1.165) is 5.69 Å². The first-order chi connectivity index (χ1) is 13.3. The molecule has 0 radical (unpaired) electrons. The first-order valence-electron chi connectivity index (χ1n) is 8.82. The van der Waals surface area contributed by atoms with Gasteiger partial charge in [-0.15, -0.1) is 0 Å². The van der Waals surface area contributed by atoms with E-state index in [1.54, 1.807) is 35.9 Å². The van der Waals surface area contributed by atoms with E-state index in [-0.39, 0.29) is 28.9 Å². The van der Waals surface area contributed by atoms with Gasteiger partial charge in [0.15, 0.2) is 9.84 Å². The van der Waals surface area contributed by atoms with Crippen molar-refractivity contribution in [1.29, 1.82) is 5.26 Å². The highest BCUT2D eigenvalue weighted by atomic mass is 32.2. The minimum Gasteiger partial charge on any atom is -0.497 e. The summed E-state index contributed by atoms with van der Waals surface area (Å²) in [6.07, 6.45) is 2.05. The van der Waals surface area contributed by atoms with Gasteiger partial charge in [-0.2, -0.15) is 10.4 Å². The molecule has 1 aromatic heterocycles. The fourth-order valence-corrected chi connectivity index (χ4v) is 5.09. The number of nitrogens with zero attached hydrogens (tertiary/aromatic N) is 3. The van der Waals surface area contributed by atoms with E-state index in [4.69, 9.17) is 4.74 Å². The molecule has 146 valence electrons. The Morgan fingerprint density at radius 3 is 2.54 bits per heavy atom. The maximum Gasteiger partial charge on any atom is 0.203 e. The second kappa shape index (κ2) is 7.60. The van der Waals surface area contributed by atoms with Crippen LogP contribution in [-0.4, -0.2) is 42.6 Å². The van der Waals surface area contributed by atoms with E-state index < -0.39 is 9.84 Å². The van der Waals surface area contributed by atoms with Crippen molar-refractivity contribution in [2.75, 3.05) is 18.6 Å². The lowest BCUT2D eigenvalue weighted by molar-refractivity contribution is 0.104. The number of benzene rings is 1. The summed E-state index contributed by atoms with van der Waals surface area (Å²) in [5.41, 5.74) is 2.45. The van der Waals surface area contributed by atoms with Crippen LogP contribution in [0.15, 0.2) is 29.8 Å². The molecule has 1 fully saturated rings. The standard InChI is InChI=1S/C20H21N3O4S/c1-13-19(14(2)23(22-13)17-8-9-28(25,26)12-17)10-16(11-21)20(24)15-4-6-18(27-3)7-5-15/h4-7,10,17H,8-9,12H2,1-3H3/b16-10+/t17-/m0/s1. The summed E-state index contributed by atoms with van der Waals surface area (Å²) in [5, 5.41) is 14.0. The highest BCUT2D eigenvalue weighted by Gasteiger charge is 2.31. The van der Waals surface area contributed by atoms with Gasteiger partial charge in [-0.1, -0.05) is 0 Å². The molecular formula is C20H21N3O4S. The molecule has 3 rings (SSSR count). The molecule has 0 aliphatic carbocycles. The zero-order valence-corrected chi connectivity index (χ0v) is 16.8. The van der Waals surface area contributed by atoms with Crippen LogP contribution in [0.25, 0.3) is 6.08 Å². The van der Waals surface area contributed by atoms with Crippen molar-refractivity contribution in [2.45, 2.75) is 26.3 Å². The number of methoxy groups -OCH3 is 1. The molecule has 28 heavy (non-hydrogen) atoms. The number of rotatable bonds is 5. The molecule has 2 aromatic rings. The Hall–Kier alpha value is -2.92. The van der Waals surface area contributed by atoms with Crippen molar-refractivity contribution in [3.63, 3.8) is 0 Å². The number of nitriles is 1. The maximum absolute atomic E-state index is 12.7. The minimum atomic E-state index is -3.04. The van der Waals surface area contributed by atoms with Crippen LogP contribution in [-0.2, 0) is 9.84 Å². The summed E-state index contributed by atoms with van der Waals surface area (Å²) >= 11 is 0. The number of sulfone groups is 1. The quantitative estimate of drug-likeness (QED) is 0.435. The normalized spacial score (nSPS) is 18.6. The molecule has 0 N–H and O–H groups in total. The molecule has 0 saturated carbocycles. The molecule has 1 aliphatic rings. The number of Topliss-reactive ketones (excluding diaryl/α,β-unsaturated/α-hetero) is 1. The van der Waals surface area contributed by atoms with Crippen molar-refractivity contribution >= 4 is 21.7 Å². The Kier molecular flexibility index (Phi) is 5.38. The van der Waals surface area contributed by atoms with Crippen LogP contribution < -0.4 is 4.74 Å². The van der Waals surface area contributed by atoms with E-state index >= 15 is 0 Å². The lowest BCUT2D eigenvalue weighted by atomic mass is 10.0. The van der Waals surface area contributed by atoms with Crippen molar-refractivity contribution in [3.8, 4) is 11.8 Å². The summed E-state index contributed by atoms with van der Waals surface area (Å²) in [4.78, 5) is 12.7. The molecule has 0 unspecified atom stereocenters. The monoisotopic (exact) mass is 399 g/mol. The number of hydrogen-bond acceptors (Lipinski definition) is 6. The number of carbonyl (C=O) groups excluding carboxylic acids is 1. The number of carbonyl (C=O) groups is 1. The smallest absolute Gasteiger partial charge is 0.203 e. The van der Waals surface area contributed by atoms with Gasteiger partial charge in [0.2, 0.25) is 5.78 Å². The van der Waals surface area contributed by atoms with Crippen LogP contribution in [0.1, 0.15) is 39.8 Å². The molecule has 7 nitrogen and oxygen atoms in total. The zero-order chi connectivity index (χ0) is 20.5. The van der Waals surface area contributed by atoms with Crippen molar-refractivity contribution < 1.29 is 17.9 Å². The molecule has 1 aromatic carbocycles. The average Bonchev–Trinajstić information content (AvgIpc) is 3.18. The van der Waals surface area contributed by atoms with Crippen LogP contribution >= 0.6 is 0 Å². The Morgan fingerprint density at radius 2 is 2.00 bits per heavy atom. The second-order valence-electron chi connectivity index (χ2n) is 6.81. The minimum absolute atomic E-state index is 0.00467. The van der Waals surface area contributed by atoms with Gasteiger partial charge >= 0.3 is 0 Å². The summed E-state index contributed by atoms with van der Waals surface area (Å²) < 4.78 is 30.4. The molecular weight excluding hydrogens is 378 g/mol. The third-order valence-electron chi connectivity index (χ3n) is 4.94. The third-order valence-corrected chi connectivity index (χ3v) is 6.69. The fraction of sp³-hybridized carbons (Fsp3) is 0.350. The maximum atomic E-state index is 12.7. The van der Waals surface area contributed by atoms with Gasteiger partial charge in [-0.05, 0) is 50.6 Å². The van der Waals surface area contributed by atoms with Gasteiger partial charge in [-0.3, -0.25) is 9.48 Å². The van der Waals surface area contributed by atoms with Crippen LogP contribution in [0, 0.1) is 25.2 Å². The highest BCUT2D eigenvalue weighted by molar-refractivity contribution is 7.91. The number of aromatic nitrogens is 2. The Labute approximate surface area is 164 Å². The fourth-order valence-electron chi connectivity index (χ4n) is 3.40. The van der Waals surface area contributed by atoms with Crippen LogP contribution in [0.2, 0.25) is 0 Å². The summed E-state index contributed by atoms with van der Waals surface area (Å²) in [6.45, 7) is 3.61. The largest absolute Gasteiger partial charge is 0.497 e. The summed E-state index contributed by atoms with van der Waals surface area (Å²) in [6, 6.07) is 8.30. The first kappa shape index (κ1) is 19.8. The zero-order valence-electron chi connectivity index (χ0n) is 16.0. The van der Waals surface area contributed by atoms with Gasteiger partial charge in [-0.25, -0.2) is 8.42 Å². The molecule has 2 heterocycles. The van der Waals surface area contributed by atoms with E-state index in [0.29, 0.717) is 29.0 Å². The molecule has 1 aliphatic heterocycles. The molecule has 0 spiro atoms. The van der Waals surface area contributed by atoms with Crippen molar-refractivity contribution in [1.82, 2.24) is 9.78 Å². The third kappa shape index (κ3) is 3.85. The Balaban J connectivity index is 1.94.